The van der Waals surface area contributed by atoms with E-state index in [-0.39, 0.29) is 11.6 Å². The average molecular weight is 278 g/mol. The summed E-state index contributed by atoms with van der Waals surface area (Å²) < 4.78 is 0. The van der Waals surface area contributed by atoms with Gasteiger partial charge in [0.2, 0.25) is 0 Å². The minimum atomic E-state index is -0.465. The van der Waals surface area contributed by atoms with Crippen molar-refractivity contribution in [3.8, 4) is 0 Å². The number of hydrogen-bond acceptors (Lipinski definition) is 3. The molecule has 0 radical (unpaired) electrons. The summed E-state index contributed by atoms with van der Waals surface area (Å²) in [5, 5.41) is 13.4. The zero-order chi connectivity index (χ0) is 14.5. The molecule has 0 bridgehead atoms. The van der Waals surface area contributed by atoms with Crippen LogP contribution in [0, 0.1) is 10.1 Å². The molecule has 2 atom stereocenters. The predicted octanol–water partition coefficient (Wildman–Crippen LogP) is 0.991. The molecular weight excluding hydrogens is 258 g/mol. The molecule has 6 nitrogen and oxygen atoms in total. The summed E-state index contributed by atoms with van der Waals surface area (Å²) in [6, 6.07) is 6.53. The quantitative estimate of drug-likeness (QED) is 0.637. The Morgan fingerprint density at radius 1 is 1.50 bits per heavy atom. The van der Waals surface area contributed by atoms with Crippen molar-refractivity contribution in [2.45, 2.75) is 32.2 Å². The molecule has 6 heteroatoms. The van der Waals surface area contributed by atoms with Crippen LogP contribution in [0.5, 0.6) is 0 Å². The van der Waals surface area contributed by atoms with Crippen LogP contribution in [0.2, 0.25) is 0 Å². The van der Waals surface area contributed by atoms with Gasteiger partial charge in [-0.25, -0.2) is 0 Å². The smallest absolute Gasteiger partial charge is 0.279 e. The number of quaternary nitrogens is 1. The third-order valence-corrected chi connectivity index (χ3v) is 3.81. The van der Waals surface area contributed by atoms with Crippen LogP contribution in [0.3, 0.4) is 0 Å². The monoisotopic (exact) mass is 278 g/mol. The van der Waals surface area contributed by atoms with Crippen LogP contribution in [0.15, 0.2) is 24.3 Å². The highest BCUT2D eigenvalue weighted by atomic mass is 16.6. The summed E-state index contributed by atoms with van der Waals surface area (Å²) in [4.78, 5) is 23.5. The maximum atomic E-state index is 12.0. The Morgan fingerprint density at radius 3 is 3.00 bits per heavy atom. The van der Waals surface area contributed by atoms with Crippen LogP contribution >= 0.6 is 0 Å². The maximum absolute atomic E-state index is 12.0. The average Bonchev–Trinajstić information content (AvgIpc) is 2.41. The van der Waals surface area contributed by atoms with Gasteiger partial charge in [0, 0.05) is 17.8 Å². The number of nitro benzene ring substituents is 1. The van der Waals surface area contributed by atoms with Gasteiger partial charge in [-0.3, -0.25) is 14.9 Å². The number of likely N-dealkylation sites (tertiary alicyclic amines) is 1. The molecule has 0 saturated carbocycles. The molecule has 1 amide bonds. The third-order valence-electron chi connectivity index (χ3n) is 3.81. The Morgan fingerprint density at radius 2 is 2.30 bits per heavy atom. The fourth-order valence-electron chi connectivity index (χ4n) is 2.62. The Labute approximate surface area is 117 Å². The lowest BCUT2D eigenvalue weighted by Gasteiger charge is -2.29. The minimum absolute atomic E-state index is 0.0125. The summed E-state index contributed by atoms with van der Waals surface area (Å²) in [5.74, 6) is -0.0887. The highest BCUT2D eigenvalue weighted by molar-refractivity contribution is 5.91. The maximum Gasteiger partial charge on any atom is 0.279 e. The number of benzene rings is 1. The first-order chi connectivity index (χ1) is 9.56. The molecule has 20 heavy (non-hydrogen) atoms. The second-order valence-electron chi connectivity index (χ2n) is 5.34. The van der Waals surface area contributed by atoms with Crippen LogP contribution in [-0.4, -0.2) is 30.0 Å². The van der Waals surface area contributed by atoms with Gasteiger partial charge in [0.05, 0.1) is 17.5 Å². The number of nitrogens with one attached hydrogen (secondary N) is 2. The molecule has 1 aromatic rings. The number of nitro groups is 1. The van der Waals surface area contributed by atoms with Crippen molar-refractivity contribution in [3.63, 3.8) is 0 Å². The highest BCUT2D eigenvalue weighted by Crippen LogP contribution is 2.16. The second-order valence-corrected chi connectivity index (χ2v) is 5.34. The van der Waals surface area contributed by atoms with E-state index in [4.69, 9.17) is 0 Å². The van der Waals surface area contributed by atoms with Crippen LogP contribution in [-0.2, 0) is 4.79 Å². The molecule has 1 aromatic carbocycles. The Balaban J connectivity index is 1.94. The lowest BCUT2D eigenvalue weighted by molar-refractivity contribution is -0.920. The van der Waals surface area contributed by atoms with Gasteiger partial charge in [0.15, 0.2) is 6.54 Å². The fourth-order valence-corrected chi connectivity index (χ4v) is 2.62. The second kappa shape index (κ2) is 6.47. The van der Waals surface area contributed by atoms with E-state index in [9.17, 15) is 14.9 Å². The summed E-state index contributed by atoms with van der Waals surface area (Å²) in [6.07, 6.45) is 3.54. The molecule has 1 unspecified atom stereocenters. The third kappa shape index (κ3) is 3.77. The van der Waals surface area contributed by atoms with Gasteiger partial charge < -0.3 is 10.2 Å². The number of rotatable bonds is 4. The first-order valence-corrected chi connectivity index (χ1v) is 6.95. The molecule has 1 fully saturated rings. The highest BCUT2D eigenvalue weighted by Gasteiger charge is 2.24. The molecular formula is C14H20N3O3+. The number of hydrogen-bond donors (Lipinski definition) is 2. The zero-order valence-corrected chi connectivity index (χ0v) is 11.6. The predicted molar refractivity (Wildman–Crippen MR) is 75.7 cm³/mol. The van der Waals surface area contributed by atoms with Gasteiger partial charge in [-0.1, -0.05) is 6.07 Å². The van der Waals surface area contributed by atoms with Crippen molar-refractivity contribution >= 4 is 17.3 Å². The van der Waals surface area contributed by atoms with E-state index in [0.29, 0.717) is 18.3 Å². The largest absolute Gasteiger partial charge is 0.325 e. The minimum Gasteiger partial charge on any atom is -0.325 e. The number of amides is 1. The van der Waals surface area contributed by atoms with Crippen molar-refractivity contribution in [1.82, 2.24) is 0 Å². The van der Waals surface area contributed by atoms with Crippen molar-refractivity contribution in [3.05, 3.63) is 34.4 Å². The molecule has 2 rings (SSSR count). The molecule has 0 spiro atoms. The molecule has 0 aliphatic carbocycles. The first-order valence-electron chi connectivity index (χ1n) is 6.95. The van der Waals surface area contributed by atoms with E-state index < -0.39 is 4.92 Å². The standard InChI is InChI=1S/C14H19N3O3/c1-11-5-2-3-8-16(11)10-14(18)15-12-6-4-7-13(9-12)17(19)20/h4,6-7,9,11H,2-3,5,8,10H2,1H3,(H,15,18)/p+1/t11-/m1/s1. The van der Waals surface area contributed by atoms with E-state index >= 15 is 0 Å². The molecule has 1 saturated heterocycles. The normalized spacial score (nSPS) is 22.2. The van der Waals surface area contributed by atoms with Gasteiger partial charge in [0.1, 0.15) is 0 Å². The molecule has 2 N–H and O–H groups in total. The van der Waals surface area contributed by atoms with Crippen LogP contribution in [0.4, 0.5) is 11.4 Å². The fraction of sp³-hybridized carbons (Fsp3) is 0.500. The van der Waals surface area contributed by atoms with Crippen LogP contribution in [0.1, 0.15) is 26.2 Å². The van der Waals surface area contributed by atoms with Crippen LogP contribution < -0.4 is 10.2 Å². The number of carbonyl (C=O) groups is 1. The molecule has 1 heterocycles. The number of anilines is 1. The van der Waals surface area contributed by atoms with Gasteiger partial charge in [-0.2, -0.15) is 0 Å². The van der Waals surface area contributed by atoms with Crippen molar-refractivity contribution in [2.24, 2.45) is 0 Å². The Kier molecular flexibility index (Phi) is 4.68. The Bertz CT molecular complexity index is 504. The first kappa shape index (κ1) is 14.5. The molecule has 0 aromatic heterocycles. The summed E-state index contributed by atoms with van der Waals surface area (Å²) in [6.45, 7) is 3.60. The van der Waals surface area contributed by atoms with Crippen LogP contribution in [0.25, 0.3) is 0 Å². The lowest BCUT2D eigenvalue weighted by Crippen LogP contribution is -3.17. The number of piperidine rings is 1. The van der Waals surface area contributed by atoms with Gasteiger partial charge in [0.25, 0.3) is 11.6 Å². The Hall–Kier alpha value is -1.95. The van der Waals surface area contributed by atoms with Crippen molar-refractivity contribution in [2.75, 3.05) is 18.4 Å². The number of nitrogens with zero attached hydrogens (tertiary/aromatic N) is 1. The topological polar surface area (TPSA) is 76.7 Å². The van der Waals surface area contributed by atoms with E-state index in [1.165, 1.54) is 23.5 Å². The SMILES string of the molecule is C[C@@H]1CCCC[NH+]1CC(=O)Nc1cccc([N+](=O)[O-])c1. The zero-order valence-electron chi connectivity index (χ0n) is 11.6. The summed E-state index contributed by atoms with van der Waals surface area (Å²) >= 11 is 0. The van der Waals surface area contributed by atoms with Gasteiger partial charge >= 0.3 is 0 Å². The molecule has 1 aliphatic rings. The number of non-ortho nitro benzene ring substituents is 1. The molecule has 1 aliphatic heterocycles. The van der Waals surface area contributed by atoms with Crippen molar-refractivity contribution in [1.29, 1.82) is 0 Å². The van der Waals surface area contributed by atoms with E-state index in [2.05, 4.69) is 12.2 Å². The summed E-state index contributed by atoms with van der Waals surface area (Å²) in [5.41, 5.74) is 0.467. The van der Waals surface area contributed by atoms with E-state index in [1.54, 1.807) is 12.1 Å². The van der Waals surface area contributed by atoms with Gasteiger partial charge in [-0.05, 0) is 32.3 Å². The summed E-state index contributed by atoms with van der Waals surface area (Å²) in [7, 11) is 0. The van der Waals surface area contributed by atoms with E-state index in [1.807, 2.05) is 0 Å². The van der Waals surface area contributed by atoms with E-state index in [0.717, 1.165) is 19.4 Å². The lowest BCUT2D eigenvalue weighted by atomic mass is 10.0. The van der Waals surface area contributed by atoms with Gasteiger partial charge in [-0.15, -0.1) is 0 Å². The molecule has 108 valence electrons. The van der Waals surface area contributed by atoms with Crippen molar-refractivity contribution < 1.29 is 14.6 Å². The number of carbonyl (C=O) groups excluding carboxylic acids is 1.